The van der Waals surface area contributed by atoms with Gasteiger partial charge in [-0.1, -0.05) is 17.7 Å². The van der Waals surface area contributed by atoms with Crippen LogP contribution in [0, 0.1) is 6.92 Å². The molecule has 0 aliphatic heterocycles. The van der Waals surface area contributed by atoms with Gasteiger partial charge < -0.3 is 14.5 Å². The summed E-state index contributed by atoms with van der Waals surface area (Å²) in [5, 5.41) is 4.05. The highest BCUT2D eigenvalue weighted by Crippen LogP contribution is 2.37. The average Bonchev–Trinajstić information content (AvgIpc) is 3.06. The summed E-state index contributed by atoms with van der Waals surface area (Å²) in [5.74, 6) is 1.66. The second-order valence-electron chi connectivity index (χ2n) is 7.44. The Labute approximate surface area is 165 Å². The quantitative estimate of drug-likeness (QED) is 0.598. The summed E-state index contributed by atoms with van der Waals surface area (Å²) < 4.78 is 11.6. The van der Waals surface area contributed by atoms with E-state index >= 15 is 0 Å². The lowest BCUT2D eigenvalue weighted by molar-refractivity contribution is -0.111. The standard InChI is InChI=1S/C24H25NO3/c1-15-8-10-17(11-9-15)25-24(26)12-16(2)19-13-20-18-6-4-5-7-21(18)28-23(20)14-22(19)27-3/h8-14H,4-7H2,1-3H3,(H,25,26)/b16-12+. The summed E-state index contributed by atoms with van der Waals surface area (Å²) in [6.07, 6.45) is 6.03. The largest absolute Gasteiger partial charge is 0.496 e. The number of furan rings is 1. The molecule has 0 saturated heterocycles. The van der Waals surface area contributed by atoms with E-state index in [-0.39, 0.29) is 5.91 Å². The van der Waals surface area contributed by atoms with Crippen molar-refractivity contribution in [2.24, 2.45) is 0 Å². The highest BCUT2D eigenvalue weighted by atomic mass is 16.5. The molecule has 0 bridgehead atoms. The van der Waals surface area contributed by atoms with Gasteiger partial charge in [0.1, 0.15) is 17.1 Å². The number of allylic oxidation sites excluding steroid dienone is 1. The van der Waals surface area contributed by atoms with Crippen molar-refractivity contribution in [1.29, 1.82) is 0 Å². The van der Waals surface area contributed by atoms with E-state index in [1.54, 1.807) is 13.2 Å². The zero-order chi connectivity index (χ0) is 19.7. The number of benzene rings is 2. The first-order valence-corrected chi connectivity index (χ1v) is 9.74. The number of carbonyl (C=O) groups is 1. The molecule has 0 unspecified atom stereocenters. The van der Waals surface area contributed by atoms with Gasteiger partial charge in [0.2, 0.25) is 5.91 Å². The maximum absolute atomic E-state index is 12.5. The van der Waals surface area contributed by atoms with Crippen LogP contribution >= 0.6 is 0 Å². The summed E-state index contributed by atoms with van der Waals surface area (Å²) in [5.41, 5.74) is 5.89. The third-order valence-electron chi connectivity index (χ3n) is 5.37. The van der Waals surface area contributed by atoms with Gasteiger partial charge in [-0.05, 0) is 56.9 Å². The lowest BCUT2D eigenvalue weighted by Gasteiger charge is -2.11. The van der Waals surface area contributed by atoms with Crippen LogP contribution in [0.2, 0.25) is 0 Å². The van der Waals surface area contributed by atoms with Crippen LogP contribution < -0.4 is 10.1 Å². The Morgan fingerprint density at radius 3 is 2.64 bits per heavy atom. The molecule has 4 heteroatoms. The zero-order valence-corrected chi connectivity index (χ0v) is 16.6. The average molecular weight is 375 g/mol. The maximum atomic E-state index is 12.5. The Balaban J connectivity index is 1.67. The molecule has 3 aromatic rings. The summed E-state index contributed by atoms with van der Waals surface area (Å²) >= 11 is 0. The van der Waals surface area contributed by atoms with Gasteiger partial charge in [-0.15, -0.1) is 0 Å². The minimum absolute atomic E-state index is 0.155. The lowest BCUT2D eigenvalue weighted by atomic mass is 9.94. The van der Waals surface area contributed by atoms with Gasteiger partial charge in [-0.2, -0.15) is 0 Å². The first-order valence-electron chi connectivity index (χ1n) is 9.74. The first kappa shape index (κ1) is 18.4. The van der Waals surface area contributed by atoms with Gasteiger partial charge in [-0.3, -0.25) is 4.79 Å². The van der Waals surface area contributed by atoms with Crippen molar-refractivity contribution in [2.45, 2.75) is 39.5 Å². The van der Waals surface area contributed by atoms with Crippen molar-refractivity contribution in [3.63, 3.8) is 0 Å². The second kappa shape index (κ2) is 7.55. The highest BCUT2D eigenvalue weighted by Gasteiger charge is 2.20. The fourth-order valence-corrected chi connectivity index (χ4v) is 3.86. The molecule has 1 aliphatic carbocycles. The molecule has 0 spiro atoms. The Morgan fingerprint density at radius 1 is 1.14 bits per heavy atom. The van der Waals surface area contributed by atoms with Crippen LogP contribution in [0.25, 0.3) is 16.5 Å². The molecular weight excluding hydrogens is 350 g/mol. The predicted molar refractivity (Wildman–Crippen MR) is 113 cm³/mol. The number of nitrogens with one attached hydrogen (secondary N) is 1. The van der Waals surface area contributed by atoms with E-state index in [1.165, 1.54) is 18.4 Å². The van der Waals surface area contributed by atoms with Crippen molar-refractivity contribution in [3.8, 4) is 5.75 Å². The molecule has 4 rings (SSSR count). The fourth-order valence-electron chi connectivity index (χ4n) is 3.86. The Hall–Kier alpha value is -3.01. The minimum atomic E-state index is -0.155. The number of anilines is 1. The minimum Gasteiger partial charge on any atom is -0.496 e. The smallest absolute Gasteiger partial charge is 0.248 e. The third kappa shape index (κ3) is 3.55. The monoisotopic (exact) mass is 375 g/mol. The van der Waals surface area contributed by atoms with Gasteiger partial charge >= 0.3 is 0 Å². The Morgan fingerprint density at radius 2 is 1.89 bits per heavy atom. The van der Waals surface area contributed by atoms with Gasteiger partial charge in [-0.25, -0.2) is 0 Å². The predicted octanol–water partition coefficient (Wildman–Crippen LogP) is 5.67. The van der Waals surface area contributed by atoms with Gasteiger partial charge in [0.05, 0.1) is 7.11 Å². The molecule has 1 amide bonds. The van der Waals surface area contributed by atoms with E-state index in [0.717, 1.165) is 57.7 Å². The van der Waals surface area contributed by atoms with Crippen LogP contribution in [0.1, 0.15) is 42.2 Å². The van der Waals surface area contributed by atoms with Crippen LogP contribution in [-0.4, -0.2) is 13.0 Å². The Kier molecular flexibility index (Phi) is 4.95. The zero-order valence-electron chi connectivity index (χ0n) is 16.6. The van der Waals surface area contributed by atoms with Crippen molar-refractivity contribution in [1.82, 2.24) is 0 Å². The van der Waals surface area contributed by atoms with Crippen LogP contribution in [-0.2, 0) is 17.6 Å². The second-order valence-corrected chi connectivity index (χ2v) is 7.44. The number of hydrogen-bond acceptors (Lipinski definition) is 3. The molecule has 2 aromatic carbocycles. The molecule has 0 fully saturated rings. The SMILES string of the molecule is COc1cc2oc3c(c2cc1/C(C)=C/C(=O)Nc1ccc(C)cc1)CCCC3. The molecule has 28 heavy (non-hydrogen) atoms. The molecule has 0 saturated carbocycles. The fraction of sp³-hybridized carbons (Fsp3) is 0.292. The summed E-state index contributed by atoms with van der Waals surface area (Å²) in [6.45, 7) is 3.96. The molecule has 1 aliphatic rings. The molecule has 0 atom stereocenters. The number of ether oxygens (including phenoxy) is 1. The van der Waals surface area contributed by atoms with E-state index in [9.17, 15) is 4.79 Å². The van der Waals surface area contributed by atoms with Gasteiger partial charge in [0, 0.05) is 40.8 Å². The maximum Gasteiger partial charge on any atom is 0.248 e. The third-order valence-corrected chi connectivity index (χ3v) is 5.37. The van der Waals surface area contributed by atoms with Crippen LogP contribution in [0.5, 0.6) is 5.75 Å². The molecular formula is C24H25NO3. The number of fused-ring (bicyclic) bond motifs is 3. The van der Waals surface area contributed by atoms with Gasteiger partial charge in [0.15, 0.2) is 0 Å². The molecule has 1 N–H and O–H groups in total. The van der Waals surface area contributed by atoms with E-state index in [2.05, 4.69) is 11.4 Å². The van der Waals surface area contributed by atoms with E-state index in [0.29, 0.717) is 0 Å². The molecule has 4 nitrogen and oxygen atoms in total. The summed E-state index contributed by atoms with van der Waals surface area (Å²) in [6, 6.07) is 11.8. The topological polar surface area (TPSA) is 51.5 Å². The number of amides is 1. The number of hydrogen-bond donors (Lipinski definition) is 1. The molecule has 1 aromatic heterocycles. The van der Waals surface area contributed by atoms with E-state index in [4.69, 9.17) is 9.15 Å². The van der Waals surface area contributed by atoms with Crippen molar-refractivity contribution < 1.29 is 13.9 Å². The van der Waals surface area contributed by atoms with Gasteiger partial charge in [0.25, 0.3) is 0 Å². The van der Waals surface area contributed by atoms with Crippen LogP contribution in [0.15, 0.2) is 46.9 Å². The number of rotatable bonds is 4. The van der Waals surface area contributed by atoms with Crippen LogP contribution in [0.3, 0.4) is 0 Å². The Bertz CT molecular complexity index is 1060. The lowest BCUT2D eigenvalue weighted by Crippen LogP contribution is -2.08. The first-order chi connectivity index (χ1) is 13.5. The highest BCUT2D eigenvalue weighted by molar-refractivity contribution is 6.04. The number of carbonyl (C=O) groups excluding carboxylic acids is 1. The van der Waals surface area contributed by atoms with E-state index < -0.39 is 0 Å². The van der Waals surface area contributed by atoms with Crippen LogP contribution in [0.4, 0.5) is 5.69 Å². The normalized spacial score (nSPS) is 14.0. The van der Waals surface area contributed by atoms with E-state index in [1.807, 2.05) is 44.2 Å². The van der Waals surface area contributed by atoms with Crippen molar-refractivity contribution in [2.75, 3.05) is 12.4 Å². The number of aryl methyl sites for hydroxylation is 3. The van der Waals surface area contributed by atoms with Crippen molar-refractivity contribution >= 4 is 28.1 Å². The molecule has 0 radical (unpaired) electrons. The van der Waals surface area contributed by atoms with Crippen molar-refractivity contribution in [3.05, 3.63) is 64.9 Å². The molecule has 144 valence electrons. The summed E-state index contributed by atoms with van der Waals surface area (Å²) in [4.78, 5) is 12.5. The molecule has 1 heterocycles. The number of methoxy groups -OCH3 is 1. The summed E-state index contributed by atoms with van der Waals surface area (Å²) in [7, 11) is 1.65.